The van der Waals surface area contributed by atoms with Crippen molar-refractivity contribution in [2.24, 2.45) is 0 Å². The molecule has 1 heterocycles. The minimum atomic E-state index is -1.02. The Bertz CT molecular complexity index is 1250. The van der Waals surface area contributed by atoms with Crippen LogP contribution in [0.25, 0.3) is 11.1 Å². The quantitative estimate of drug-likeness (QED) is 0.579. The molecule has 0 atom stereocenters. The summed E-state index contributed by atoms with van der Waals surface area (Å²) in [5, 5.41) is 11.9. The number of anilines is 1. The smallest absolute Gasteiger partial charge is 0.335 e. The molecule has 32 heavy (non-hydrogen) atoms. The van der Waals surface area contributed by atoms with E-state index in [0.29, 0.717) is 35.5 Å². The first kappa shape index (κ1) is 20.1. The Balaban J connectivity index is 0.00000259. The van der Waals surface area contributed by atoms with Crippen LogP contribution >= 0.6 is 0 Å². The van der Waals surface area contributed by atoms with Crippen LogP contribution in [0.15, 0.2) is 54.6 Å². The molecular weight excluding hydrogens is 413 g/mol. The zero-order chi connectivity index (χ0) is 22.5. The number of carbonyl (C=O) groups is 2. The van der Waals surface area contributed by atoms with Crippen molar-refractivity contribution in [3.8, 4) is 22.6 Å². The van der Waals surface area contributed by atoms with Crippen LogP contribution in [-0.2, 0) is 10.2 Å². The number of amides is 1. The molecule has 164 valence electrons. The van der Waals surface area contributed by atoms with Gasteiger partial charge in [-0.1, -0.05) is 18.2 Å². The van der Waals surface area contributed by atoms with Crippen molar-refractivity contribution in [2.75, 3.05) is 12.1 Å². The lowest BCUT2D eigenvalue weighted by molar-refractivity contribution is -0.118. The number of fused-ring (bicyclic) bond motifs is 1. The maximum Gasteiger partial charge on any atom is 0.335 e. The Hall–Kier alpha value is -3.87. The van der Waals surface area contributed by atoms with Gasteiger partial charge in [-0.25, -0.2) is 9.18 Å². The van der Waals surface area contributed by atoms with E-state index in [4.69, 9.17) is 14.6 Å². The highest BCUT2D eigenvalue weighted by Gasteiger charge is 2.51. The van der Waals surface area contributed by atoms with Crippen LogP contribution in [0.3, 0.4) is 0 Å². The summed E-state index contributed by atoms with van der Waals surface area (Å²) < 4.78 is 25.5. The number of hydrogen-bond donors (Lipinski definition) is 2. The number of rotatable bonds is 5. The molecule has 2 N–H and O–H groups in total. The van der Waals surface area contributed by atoms with E-state index < -0.39 is 17.2 Å². The molecule has 0 unspecified atom stereocenters. The molecule has 1 amide bonds. The Morgan fingerprint density at radius 1 is 1.03 bits per heavy atom. The Morgan fingerprint density at radius 2 is 1.75 bits per heavy atom. The lowest BCUT2D eigenvalue weighted by Gasteiger charge is -2.18. The maximum atomic E-state index is 14.7. The minimum absolute atomic E-state index is 0. The van der Waals surface area contributed by atoms with E-state index in [1.807, 2.05) is 12.1 Å². The fourth-order valence-corrected chi connectivity index (χ4v) is 4.08. The summed E-state index contributed by atoms with van der Waals surface area (Å²) in [6.45, 7) is 1.92. The molecule has 6 nitrogen and oxygen atoms in total. The Kier molecular flexibility index (Phi) is 4.62. The summed E-state index contributed by atoms with van der Waals surface area (Å²) >= 11 is 0. The van der Waals surface area contributed by atoms with Gasteiger partial charge in [0.1, 0.15) is 5.82 Å². The maximum absolute atomic E-state index is 14.7. The highest BCUT2D eigenvalue weighted by Crippen LogP contribution is 2.51. The molecule has 0 radical (unpaired) electrons. The number of aryl methyl sites for hydroxylation is 1. The van der Waals surface area contributed by atoms with Crippen molar-refractivity contribution in [2.45, 2.75) is 25.2 Å². The van der Waals surface area contributed by atoms with E-state index in [-0.39, 0.29) is 25.4 Å². The van der Waals surface area contributed by atoms with Crippen molar-refractivity contribution in [1.29, 1.82) is 0 Å². The fourth-order valence-electron chi connectivity index (χ4n) is 4.08. The van der Waals surface area contributed by atoms with Crippen molar-refractivity contribution in [1.82, 2.24) is 0 Å². The minimum Gasteiger partial charge on any atom is -0.478 e. The molecule has 3 aromatic rings. The second-order valence-corrected chi connectivity index (χ2v) is 8.13. The van der Waals surface area contributed by atoms with Crippen LogP contribution in [-0.4, -0.2) is 23.8 Å². The van der Waals surface area contributed by atoms with Gasteiger partial charge in [0, 0.05) is 1.43 Å². The molecule has 1 fully saturated rings. The van der Waals surface area contributed by atoms with E-state index in [1.54, 1.807) is 31.2 Å². The van der Waals surface area contributed by atoms with Crippen LogP contribution in [0.5, 0.6) is 11.5 Å². The lowest BCUT2D eigenvalue weighted by Crippen LogP contribution is -2.28. The topological polar surface area (TPSA) is 84.9 Å². The van der Waals surface area contributed by atoms with Crippen molar-refractivity contribution < 1.29 is 30.0 Å². The average molecular weight is 435 g/mol. The molecule has 3 aromatic carbocycles. The number of carboxylic acids is 1. The lowest BCUT2D eigenvalue weighted by atomic mass is 9.94. The van der Waals surface area contributed by atoms with Crippen LogP contribution in [0, 0.1) is 12.7 Å². The van der Waals surface area contributed by atoms with Crippen LogP contribution in [0.1, 0.15) is 35.8 Å². The van der Waals surface area contributed by atoms with Crippen molar-refractivity contribution >= 4 is 17.6 Å². The number of carboxylic acid groups (broad SMARTS) is 1. The van der Waals surface area contributed by atoms with Crippen molar-refractivity contribution in [3.05, 3.63) is 77.1 Å². The average Bonchev–Trinajstić information content (AvgIpc) is 3.46. The largest absolute Gasteiger partial charge is 0.478 e. The van der Waals surface area contributed by atoms with E-state index in [9.17, 15) is 14.0 Å². The zero-order valence-electron chi connectivity index (χ0n) is 17.3. The number of nitrogens with one attached hydrogen (secondary N) is 1. The standard InChI is InChI=1S/C25H20FNO5.H2/c1-14-10-19(26)20(12-18(14)15-2-4-16(5-3-15)23(28)29)27-24(30)25(8-9-25)17-6-7-21-22(11-17)32-13-31-21;/h2-7,10-12H,8-9,13H2,1H3,(H,27,30)(H,28,29);1H. The van der Waals surface area contributed by atoms with Gasteiger partial charge in [-0.3, -0.25) is 4.79 Å². The van der Waals surface area contributed by atoms with E-state index >= 15 is 0 Å². The Morgan fingerprint density at radius 3 is 2.44 bits per heavy atom. The van der Waals surface area contributed by atoms with E-state index in [0.717, 1.165) is 11.1 Å². The molecule has 1 aliphatic carbocycles. The highest BCUT2D eigenvalue weighted by atomic mass is 19.1. The second-order valence-electron chi connectivity index (χ2n) is 8.13. The van der Waals surface area contributed by atoms with Crippen LogP contribution in [0.4, 0.5) is 10.1 Å². The first-order valence-electron chi connectivity index (χ1n) is 10.2. The molecule has 7 heteroatoms. The summed E-state index contributed by atoms with van der Waals surface area (Å²) in [6.07, 6.45) is 1.32. The van der Waals surface area contributed by atoms with Crippen LogP contribution in [0.2, 0.25) is 0 Å². The highest BCUT2D eigenvalue weighted by molar-refractivity contribution is 6.02. The molecule has 2 aliphatic rings. The summed E-state index contributed by atoms with van der Waals surface area (Å²) in [5.41, 5.74) is 2.48. The number of benzene rings is 3. The molecule has 0 saturated heterocycles. The van der Waals surface area contributed by atoms with Gasteiger partial charge in [0.25, 0.3) is 0 Å². The first-order valence-corrected chi connectivity index (χ1v) is 10.2. The van der Waals surface area contributed by atoms with Gasteiger partial charge in [0.05, 0.1) is 16.7 Å². The molecule has 0 spiro atoms. The summed E-state index contributed by atoms with van der Waals surface area (Å²) in [4.78, 5) is 24.3. The van der Waals surface area contributed by atoms with Gasteiger partial charge >= 0.3 is 5.97 Å². The summed E-state index contributed by atoms with van der Waals surface area (Å²) in [7, 11) is 0. The van der Waals surface area contributed by atoms with E-state index in [2.05, 4.69) is 5.32 Å². The molecular formula is C25H22FNO5. The van der Waals surface area contributed by atoms with Gasteiger partial charge < -0.3 is 19.9 Å². The number of hydrogen-bond acceptors (Lipinski definition) is 4. The third-order valence-electron chi connectivity index (χ3n) is 6.11. The van der Waals surface area contributed by atoms with Crippen molar-refractivity contribution in [3.63, 3.8) is 0 Å². The predicted octanol–water partition coefficient (Wildman–Crippen LogP) is 5.14. The third-order valence-corrected chi connectivity index (χ3v) is 6.11. The van der Waals surface area contributed by atoms with Gasteiger partial charge in [-0.05, 0) is 78.4 Å². The molecule has 1 saturated carbocycles. The monoisotopic (exact) mass is 435 g/mol. The summed E-state index contributed by atoms with van der Waals surface area (Å²) in [6, 6.07) is 14.8. The second kappa shape index (κ2) is 7.37. The van der Waals surface area contributed by atoms with Gasteiger partial charge in [0.2, 0.25) is 12.7 Å². The normalized spacial score (nSPS) is 15.3. The zero-order valence-corrected chi connectivity index (χ0v) is 17.3. The number of aromatic carboxylic acids is 1. The molecule has 1 aliphatic heterocycles. The first-order chi connectivity index (χ1) is 15.4. The number of ether oxygens (including phenoxy) is 2. The van der Waals surface area contributed by atoms with Gasteiger partial charge in [-0.15, -0.1) is 0 Å². The van der Waals surface area contributed by atoms with Gasteiger partial charge in [0.15, 0.2) is 11.5 Å². The van der Waals surface area contributed by atoms with Crippen LogP contribution < -0.4 is 14.8 Å². The molecule has 0 bridgehead atoms. The number of carbonyl (C=O) groups excluding carboxylic acids is 1. The third kappa shape index (κ3) is 3.36. The molecule has 0 aromatic heterocycles. The predicted molar refractivity (Wildman–Crippen MR) is 118 cm³/mol. The summed E-state index contributed by atoms with van der Waals surface area (Å²) in [5.74, 6) is -0.559. The molecule has 5 rings (SSSR count). The van der Waals surface area contributed by atoms with Gasteiger partial charge in [-0.2, -0.15) is 0 Å². The number of halogens is 1. The SMILES string of the molecule is Cc1cc(F)c(NC(=O)C2(c3ccc4c(c3)OCO4)CC2)cc1-c1ccc(C(=O)O)cc1.[HH]. The Labute approximate surface area is 185 Å². The fraction of sp³-hybridized carbons (Fsp3) is 0.200. The van der Waals surface area contributed by atoms with E-state index in [1.165, 1.54) is 18.2 Å².